The normalized spacial score (nSPS) is 29.3. The van der Waals surface area contributed by atoms with Gasteiger partial charge in [0, 0.05) is 30.7 Å². The van der Waals surface area contributed by atoms with E-state index in [4.69, 9.17) is 4.74 Å². The van der Waals surface area contributed by atoms with Gasteiger partial charge in [-0.15, -0.1) is 0 Å². The fourth-order valence-electron chi connectivity index (χ4n) is 2.66. The lowest BCUT2D eigenvalue weighted by Crippen LogP contribution is -2.40. The van der Waals surface area contributed by atoms with Crippen LogP contribution in [0.4, 0.5) is 5.69 Å². The number of nitro benzene ring substituents is 1. The van der Waals surface area contributed by atoms with Crippen molar-refractivity contribution in [2.75, 3.05) is 11.5 Å². The van der Waals surface area contributed by atoms with Crippen molar-refractivity contribution >= 4 is 17.4 Å². The van der Waals surface area contributed by atoms with Crippen LogP contribution >= 0.6 is 11.8 Å². The first-order valence-corrected chi connectivity index (χ1v) is 8.26. The molecule has 1 fully saturated rings. The number of hydrogen-bond acceptors (Lipinski definition) is 5. The predicted molar refractivity (Wildman–Crippen MR) is 83.6 cm³/mol. The van der Waals surface area contributed by atoms with Crippen LogP contribution in [0.1, 0.15) is 38.4 Å². The Kier molecular flexibility index (Phi) is 5.24. The largest absolute Gasteiger partial charge is 0.390 e. The van der Waals surface area contributed by atoms with Gasteiger partial charge in [0.1, 0.15) is 0 Å². The minimum absolute atomic E-state index is 0.0129. The fraction of sp³-hybridized carbons (Fsp3) is 0.600. The molecule has 0 bridgehead atoms. The molecular formula is C15H21NO4S. The fourth-order valence-corrected chi connectivity index (χ4v) is 3.35. The van der Waals surface area contributed by atoms with Crippen molar-refractivity contribution in [3.05, 3.63) is 39.9 Å². The van der Waals surface area contributed by atoms with Crippen molar-refractivity contribution in [2.24, 2.45) is 0 Å². The van der Waals surface area contributed by atoms with Crippen LogP contribution in [-0.4, -0.2) is 33.2 Å². The van der Waals surface area contributed by atoms with E-state index in [0.29, 0.717) is 12.8 Å². The Balaban J connectivity index is 2.11. The third kappa shape index (κ3) is 4.43. The summed E-state index contributed by atoms with van der Waals surface area (Å²) in [7, 11) is 0. The van der Waals surface area contributed by atoms with E-state index in [1.54, 1.807) is 23.9 Å². The molecule has 0 aromatic heterocycles. The number of rotatable bonds is 5. The quantitative estimate of drug-likeness (QED) is 0.667. The van der Waals surface area contributed by atoms with Gasteiger partial charge in [0.2, 0.25) is 0 Å². The SMILES string of the molecule is CCSC[C@H]1C[C@](C)(O)C[C@H](c2ccc([N+](=O)[O-])cc2)O1. The van der Waals surface area contributed by atoms with Crippen LogP contribution < -0.4 is 0 Å². The van der Waals surface area contributed by atoms with Crippen molar-refractivity contribution < 1.29 is 14.8 Å². The van der Waals surface area contributed by atoms with Gasteiger partial charge in [0.15, 0.2) is 0 Å². The van der Waals surface area contributed by atoms with E-state index in [1.807, 2.05) is 6.92 Å². The van der Waals surface area contributed by atoms with Crippen LogP contribution in [0, 0.1) is 10.1 Å². The monoisotopic (exact) mass is 311 g/mol. The topological polar surface area (TPSA) is 72.6 Å². The number of non-ortho nitro benzene ring substituents is 1. The van der Waals surface area contributed by atoms with E-state index in [-0.39, 0.29) is 17.9 Å². The summed E-state index contributed by atoms with van der Waals surface area (Å²) < 4.78 is 6.06. The second kappa shape index (κ2) is 6.77. The molecule has 2 rings (SSSR count). The van der Waals surface area contributed by atoms with Crippen LogP contribution in [0.25, 0.3) is 0 Å². The second-order valence-corrected chi connectivity index (χ2v) is 6.98. The van der Waals surface area contributed by atoms with Gasteiger partial charge in [0.05, 0.1) is 22.7 Å². The van der Waals surface area contributed by atoms with Crippen molar-refractivity contribution in [1.29, 1.82) is 0 Å². The highest BCUT2D eigenvalue weighted by molar-refractivity contribution is 7.99. The Labute approximate surface area is 128 Å². The Morgan fingerprint density at radius 1 is 1.43 bits per heavy atom. The predicted octanol–water partition coefficient (Wildman–Crippen LogP) is 3.32. The maximum absolute atomic E-state index is 10.7. The zero-order valence-electron chi connectivity index (χ0n) is 12.3. The van der Waals surface area contributed by atoms with E-state index in [0.717, 1.165) is 17.1 Å². The lowest BCUT2D eigenvalue weighted by Gasteiger charge is -2.39. The minimum Gasteiger partial charge on any atom is -0.390 e. The van der Waals surface area contributed by atoms with Gasteiger partial charge in [0.25, 0.3) is 5.69 Å². The first-order chi connectivity index (χ1) is 9.91. The molecule has 0 saturated carbocycles. The standard InChI is InChI=1S/C15H21NO4S/c1-3-21-10-13-8-15(2,17)9-14(20-13)11-4-6-12(7-5-11)16(18)19/h4-7,13-14,17H,3,8-10H2,1-2H3/t13-,14-,15+/m1/s1. The van der Waals surface area contributed by atoms with Crippen molar-refractivity contribution in [3.8, 4) is 0 Å². The number of hydrogen-bond donors (Lipinski definition) is 1. The number of thioether (sulfide) groups is 1. The molecule has 0 spiro atoms. The van der Waals surface area contributed by atoms with Gasteiger partial charge in [-0.3, -0.25) is 10.1 Å². The second-order valence-electron chi connectivity index (χ2n) is 5.66. The molecule has 1 heterocycles. The zero-order valence-corrected chi connectivity index (χ0v) is 13.1. The average Bonchev–Trinajstić information content (AvgIpc) is 2.43. The molecule has 0 amide bonds. The average molecular weight is 311 g/mol. The van der Waals surface area contributed by atoms with E-state index in [2.05, 4.69) is 6.92 Å². The van der Waals surface area contributed by atoms with Gasteiger partial charge in [-0.05, 0) is 30.4 Å². The molecule has 21 heavy (non-hydrogen) atoms. The maximum atomic E-state index is 10.7. The number of nitrogens with zero attached hydrogens (tertiary/aromatic N) is 1. The molecule has 116 valence electrons. The first kappa shape index (κ1) is 16.3. The van der Waals surface area contributed by atoms with Crippen LogP contribution in [0.3, 0.4) is 0 Å². The molecule has 1 aromatic carbocycles. The third-order valence-electron chi connectivity index (χ3n) is 3.63. The lowest BCUT2D eigenvalue weighted by molar-refractivity contribution is -0.384. The molecule has 6 heteroatoms. The minimum atomic E-state index is -0.760. The van der Waals surface area contributed by atoms with E-state index >= 15 is 0 Å². The molecule has 3 atom stereocenters. The molecule has 0 radical (unpaired) electrons. The Bertz CT molecular complexity index is 489. The highest BCUT2D eigenvalue weighted by atomic mass is 32.2. The molecular weight excluding hydrogens is 290 g/mol. The summed E-state index contributed by atoms with van der Waals surface area (Å²) in [5.74, 6) is 1.88. The summed E-state index contributed by atoms with van der Waals surface area (Å²) >= 11 is 1.79. The zero-order chi connectivity index (χ0) is 15.5. The van der Waals surface area contributed by atoms with Gasteiger partial charge in [-0.25, -0.2) is 0 Å². The van der Waals surface area contributed by atoms with Crippen LogP contribution in [0.2, 0.25) is 0 Å². The molecule has 0 aliphatic carbocycles. The van der Waals surface area contributed by atoms with Crippen molar-refractivity contribution in [3.63, 3.8) is 0 Å². The Morgan fingerprint density at radius 3 is 2.67 bits per heavy atom. The molecule has 1 aliphatic rings. The van der Waals surface area contributed by atoms with Crippen molar-refractivity contribution in [1.82, 2.24) is 0 Å². The van der Waals surface area contributed by atoms with E-state index < -0.39 is 10.5 Å². The summed E-state index contributed by atoms with van der Waals surface area (Å²) in [6, 6.07) is 6.40. The highest BCUT2D eigenvalue weighted by Crippen LogP contribution is 2.38. The van der Waals surface area contributed by atoms with Crippen LogP contribution in [-0.2, 0) is 4.74 Å². The smallest absolute Gasteiger partial charge is 0.269 e. The molecule has 1 aliphatic heterocycles. The van der Waals surface area contributed by atoms with Gasteiger partial charge < -0.3 is 9.84 Å². The van der Waals surface area contributed by atoms with Crippen molar-refractivity contribution in [2.45, 2.75) is 44.5 Å². The number of aliphatic hydroxyl groups is 1. The van der Waals surface area contributed by atoms with Crippen LogP contribution in [0.5, 0.6) is 0 Å². The third-order valence-corrected chi connectivity index (χ3v) is 4.65. The van der Waals surface area contributed by atoms with Gasteiger partial charge >= 0.3 is 0 Å². The summed E-state index contributed by atoms with van der Waals surface area (Å²) in [6.45, 7) is 3.93. The molecule has 0 unspecified atom stereocenters. The Hall–Kier alpha value is -1.11. The molecule has 5 nitrogen and oxygen atoms in total. The highest BCUT2D eigenvalue weighted by Gasteiger charge is 2.37. The van der Waals surface area contributed by atoms with Gasteiger partial charge in [-0.2, -0.15) is 11.8 Å². The Morgan fingerprint density at radius 2 is 2.10 bits per heavy atom. The molecule has 1 N–H and O–H groups in total. The summed E-state index contributed by atoms with van der Waals surface area (Å²) in [4.78, 5) is 10.3. The number of nitro groups is 1. The molecule has 1 saturated heterocycles. The van der Waals surface area contributed by atoms with E-state index in [9.17, 15) is 15.2 Å². The number of benzene rings is 1. The number of ether oxygens (including phenoxy) is 1. The lowest BCUT2D eigenvalue weighted by atomic mass is 9.86. The van der Waals surface area contributed by atoms with Crippen LogP contribution in [0.15, 0.2) is 24.3 Å². The molecule has 1 aromatic rings. The summed E-state index contributed by atoms with van der Waals surface area (Å²) in [6.07, 6.45) is 0.942. The summed E-state index contributed by atoms with van der Waals surface area (Å²) in [5.41, 5.74) is 0.190. The van der Waals surface area contributed by atoms with Gasteiger partial charge in [-0.1, -0.05) is 6.92 Å². The van der Waals surface area contributed by atoms with E-state index in [1.165, 1.54) is 12.1 Å². The summed E-state index contributed by atoms with van der Waals surface area (Å²) in [5, 5.41) is 21.1. The first-order valence-electron chi connectivity index (χ1n) is 7.11. The maximum Gasteiger partial charge on any atom is 0.269 e.